The summed E-state index contributed by atoms with van der Waals surface area (Å²) in [6.07, 6.45) is 3.26. The van der Waals surface area contributed by atoms with E-state index in [1.807, 2.05) is 26.0 Å². The summed E-state index contributed by atoms with van der Waals surface area (Å²) < 4.78 is 35.5. The van der Waals surface area contributed by atoms with Crippen LogP contribution in [0.15, 0.2) is 47.5 Å². The van der Waals surface area contributed by atoms with Crippen molar-refractivity contribution in [2.75, 3.05) is 30.9 Å². The number of anilines is 2. The van der Waals surface area contributed by atoms with Crippen molar-refractivity contribution in [3.05, 3.63) is 53.7 Å². The second-order valence-electron chi connectivity index (χ2n) is 6.95. The first kappa shape index (κ1) is 22.4. The lowest BCUT2D eigenvalue weighted by Gasteiger charge is -2.18. The molecule has 8 nitrogen and oxygen atoms in total. The van der Waals surface area contributed by atoms with Crippen LogP contribution in [-0.2, 0) is 16.3 Å². The molecule has 0 aliphatic carbocycles. The fourth-order valence-electron chi connectivity index (χ4n) is 3.23. The summed E-state index contributed by atoms with van der Waals surface area (Å²) in [7, 11) is -3.29. The molecular formula is C22H26N4O4S. The van der Waals surface area contributed by atoms with Crippen molar-refractivity contribution in [1.29, 1.82) is 0 Å². The molecule has 3 rings (SSSR count). The minimum absolute atomic E-state index is 0.124. The third-order valence-corrected chi connectivity index (χ3v) is 5.74. The SMILES string of the molecule is CCOc1cc(Cc2cnc(N)nc2N)cc(OCC)c1-c1ccc(S(C)(=O)=O)cc1. The Labute approximate surface area is 182 Å². The molecule has 1 heterocycles. The lowest BCUT2D eigenvalue weighted by Crippen LogP contribution is -2.05. The highest BCUT2D eigenvalue weighted by atomic mass is 32.2. The van der Waals surface area contributed by atoms with Crippen LogP contribution in [0.3, 0.4) is 0 Å². The van der Waals surface area contributed by atoms with Gasteiger partial charge in [-0.2, -0.15) is 4.98 Å². The second-order valence-corrected chi connectivity index (χ2v) is 8.96. The summed E-state index contributed by atoms with van der Waals surface area (Å²) >= 11 is 0. The Morgan fingerprint density at radius 2 is 1.55 bits per heavy atom. The number of ether oxygens (including phenoxy) is 2. The summed E-state index contributed by atoms with van der Waals surface area (Å²) in [5.41, 5.74) is 14.8. The zero-order valence-electron chi connectivity index (χ0n) is 17.8. The number of nitrogens with zero attached hydrogens (tertiary/aromatic N) is 2. The van der Waals surface area contributed by atoms with Crippen LogP contribution >= 0.6 is 0 Å². The number of sulfone groups is 1. The molecule has 0 radical (unpaired) electrons. The van der Waals surface area contributed by atoms with Crippen molar-refractivity contribution in [3.8, 4) is 22.6 Å². The topological polar surface area (TPSA) is 130 Å². The molecule has 0 bridgehead atoms. The van der Waals surface area contributed by atoms with Crippen molar-refractivity contribution < 1.29 is 17.9 Å². The zero-order chi connectivity index (χ0) is 22.6. The van der Waals surface area contributed by atoms with Crippen LogP contribution in [0.2, 0.25) is 0 Å². The monoisotopic (exact) mass is 442 g/mol. The van der Waals surface area contributed by atoms with Crippen LogP contribution in [-0.4, -0.2) is 37.9 Å². The Morgan fingerprint density at radius 1 is 0.968 bits per heavy atom. The predicted molar refractivity (Wildman–Crippen MR) is 121 cm³/mol. The Bertz CT molecular complexity index is 1150. The van der Waals surface area contributed by atoms with Crippen LogP contribution in [0.1, 0.15) is 25.0 Å². The molecule has 164 valence electrons. The van der Waals surface area contributed by atoms with Crippen LogP contribution in [0.5, 0.6) is 11.5 Å². The van der Waals surface area contributed by atoms with Gasteiger partial charge in [-0.15, -0.1) is 0 Å². The molecule has 0 fully saturated rings. The molecule has 0 atom stereocenters. The Balaban J connectivity index is 2.10. The molecule has 1 aromatic heterocycles. The molecule has 4 N–H and O–H groups in total. The molecule has 0 saturated heterocycles. The van der Waals surface area contributed by atoms with E-state index in [-0.39, 0.29) is 10.8 Å². The summed E-state index contributed by atoms with van der Waals surface area (Å²) in [5, 5.41) is 0. The van der Waals surface area contributed by atoms with Gasteiger partial charge in [0.1, 0.15) is 17.3 Å². The van der Waals surface area contributed by atoms with Gasteiger partial charge in [-0.3, -0.25) is 0 Å². The molecule has 2 aromatic carbocycles. The first-order valence-electron chi connectivity index (χ1n) is 9.82. The highest BCUT2D eigenvalue weighted by Crippen LogP contribution is 2.41. The number of hydrogen-bond acceptors (Lipinski definition) is 8. The molecule has 0 unspecified atom stereocenters. The van der Waals surface area contributed by atoms with Crippen molar-refractivity contribution in [2.24, 2.45) is 0 Å². The molecule has 0 saturated carbocycles. The molecular weight excluding hydrogens is 416 g/mol. The van der Waals surface area contributed by atoms with Gasteiger partial charge in [-0.05, 0) is 49.2 Å². The van der Waals surface area contributed by atoms with E-state index in [1.165, 1.54) is 6.26 Å². The summed E-state index contributed by atoms with van der Waals surface area (Å²) in [5.74, 6) is 1.71. The number of rotatable bonds is 8. The molecule has 0 amide bonds. The Hall–Kier alpha value is -3.33. The number of aromatic nitrogens is 2. The quantitative estimate of drug-likeness (QED) is 0.544. The van der Waals surface area contributed by atoms with Gasteiger partial charge in [-0.25, -0.2) is 13.4 Å². The average Bonchev–Trinajstić information content (AvgIpc) is 2.70. The largest absolute Gasteiger partial charge is 0.493 e. The average molecular weight is 443 g/mol. The number of nitrogen functional groups attached to an aromatic ring is 2. The number of benzene rings is 2. The first-order valence-corrected chi connectivity index (χ1v) is 11.7. The first-order chi connectivity index (χ1) is 14.7. The standard InChI is InChI=1S/C22H26N4O4S/c1-4-29-18-11-14(10-16-13-25-22(24)26-21(16)23)12-19(30-5-2)20(18)15-6-8-17(9-7-15)31(3,27)28/h6-9,11-13H,4-5,10H2,1-3H3,(H4,23,24,25,26). The maximum Gasteiger partial charge on any atom is 0.221 e. The Kier molecular flexibility index (Phi) is 6.65. The van der Waals surface area contributed by atoms with Crippen LogP contribution in [0.25, 0.3) is 11.1 Å². The molecule has 3 aromatic rings. The van der Waals surface area contributed by atoms with Crippen LogP contribution < -0.4 is 20.9 Å². The summed E-state index contributed by atoms with van der Waals surface area (Å²) in [4.78, 5) is 8.29. The summed E-state index contributed by atoms with van der Waals surface area (Å²) in [6.45, 7) is 4.71. The number of hydrogen-bond donors (Lipinski definition) is 2. The maximum absolute atomic E-state index is 11.8. The molecule has 9 heteroatoms. The fourth-order valence-corrected chi connectivity index (χ4v) is 3.86. The smallest absolute Gasteiger partial charge is 0.221 e. The number of nitrogens with two attached hydrogens (primary N) is 2. The van der Waals surface area contributed by atoms with Gasteiger partial charge >= 0.3 is 0 Å². The van der Waals surface area contributed by atoms with Crippen LogP contribution in [0.4, 0.5) is 11.8 Å². The molecule has 0 aliphatic rings. The van der Waals surface area contributed by atoms with Crippen molar-refractivity contribution >= 4 is 21.6 Å². The summed E-state index contributed by atoms with van der Waals surface area (Å²) in [6, 6.07) is 10.5. The van der Waals surface area contributed by atoms with Gasteiger partial charge < -0.3 is 20.9 Å². The highest BCUT2D eigenvalue weighted by Gasteiger charge is 2.18. The van der Waals surface area contributed by atoms with E-state index in [1.54, 1.807) is 30.5 Å². The van der Waals surface area contributed by atoms with Gasteiger partial charge in [0.25, 0.3) is 0 Å². The van der Waals surface area contributed by atoms with Crippen molar-refractivity contribution in [1.82, 2.24) is 9.97 Å². The molecule has 0 spiro atoms. The molecule has 31 heavy (non-hydrogen) atoms. The lowest BCUT2D eigenvalue weighted by molar-refractivity contribution is 0.325. The minimum Gasteiger partial charge on any atom is -0.493 e. The lowest BCUT2D eigenvalue weighted by atomic mass is 9.98. The van der Waals surface area contributed by atoms with Gasteiger partial charge in [0.05, 0.1) is 23.7 Å². The van der Waals surface area contributed by atoms with E-state index >= 15 is 0 Å². The Morgan fingerprint density at radius 3 is 2.03 bits per heavy atom. The van der Waals surface area contributed by atoms with Gasteiger partial charge in [0.15, 0.2) is 9.84 Å². The van der Waals surface area contributed by atoms with E-state index < -0.39 is 9.84 Å². The third kappa shape index (κ3) is 5.24. The van der Waals surface area contributed by atoms with Gasteiger partial charge in [0, 0.05) is 24.4 Å². The highest BCUT2D eigenvalue weighted by molar-refractivity contribution is 7.90. The van der Waals surface area contributed by atoms with Crippen LogP contribution in [0, 0.1) is 0 Å². The van der Waals surface area contributed by atoms with E-state index in [0.717, 1.165) is 22.3 Å². The van der Waals surface area contributed by atoms with Crippen molar-refractivity contribution in [2.45, 2.75) is 25.2 Å². The maximum atomic E-state index is 11.8. The molecule has 0 aliphatic heterocycles. The van der Waals surface area contributed by atoms with Crippen molar-refractivity contribution in [3.63, 3.8) is 0 Å². The zero-order valence-corrected chi connectivity index (χ0v) is 18.6. The minimum atomic E-state index is -3.29. The van der Waals surface area contributed by atoms with E-state index in [4.69, 9.17) is 20.9 Å². The van der Waals surface area contributed by atoms with E-state index in [2.05, 4.69) is 9.97 Å². The fraction of sp³-hybridized carbons (Fsp3) is 0.273. The second kappa shape index (κ2) is 9.22. The van der Waals surface area contributed by atoms with E-state index in [0.29, 0.717) is 37.0 Å². The van der Waals surface area contributed by atoms with Gasteiger partial charge in [0.2, 0.25) is 5.95 Å². The normalized spacial score (nSPS) is 11.3. The van der Waals surface area contributed by atoms with E-state index in [9.17, 15) is 8.42 Å². The predicted octanol–water partition coefficient (Wildman–Crippen LogP) is 3.10. The van der Waals surface area contributed by atoms with Gasteiger partial charge in [-0.1, -0.05) is 12.1 Å². The third-order valence-electron chi connectivity index (χ3n) is 4.61.